The third-order valence-corrected chi connectivity index (χ3v) is 3.89. The first-order valence-electron chi connectivity index (χ1n) is 5.68. The van der Waals surface area contributed by atoms with E-state index in [2.05, 4.69) is 4.98 Å². The number of rotatable bonds is 4. The number of benzene rings is 1. The predicted octanol–water partition coefficient (Wildman–Crippen LogP) is 3.36. The first-order valence-corrected chi connectivity index (χ1v) is 7.98. The highest BCUT2D eigenvalue weighted by Crippen LogP contribution is 2.30. The van der Waals surface area contributed by atoms with Gasteiger partial charge in [-0.25, -0.2) is 13.4 Å². The lowest BCUT2D eigenvalue weighted by Gasteiger charge is -2.10. The number of pyridine rings is 1. The van der Waals surface area contributed by atoms with Crippen molar-refractivity contribution in [1.29, 1.82) is 0 Å². The largest absolute Gasteiger partial charge is 0.437 e. The van der Waals surface area contributed by atoms with Gasteiger partial charge in [0.2, 0.25) is 5.88 Å². The second-order valence-electron chi connectivity index (χ2n) is 3.81. The highest BCUT2D eigenvalue weighted by atomic mass is 35.7. The molecule has 0 radical (unpaired) electrons. The third kappa shape index (κ3) is 3.24. The van der Waals surface area contributed by atoms with Crippen molar-refractivity contribution in [2.75, 3.05) is 0 Å². The van der Waals surface area contributed by atoms with E-state index in [1.54, 1.807) is 6.07 Å². The maximum atomic E-state index is 11.4. The Hall–Kier alpha value is -1.59. The Morgan fingerprint density at radius 1 is 1.21 bits per heavy atom. The number of aryl methyl sites for hydroxylation is 1. The van der Waals surface area contributed by atoms with Crippen LogP contribution in [0, 0.1) is 0 Å². The molecular formula is C13H12ClNO3S. The zero-order chi connectivity index (χ0) is 13.9. The normalized spacial score (nSPS) is 11.3. The minimum atomic E-state index is -3.89. The highest BCUT2D eigenvalue weighted by molar-refractivity contribution is 8.13. The van der Waals surface area contributed by atoms with Crippen LogP contribution in [0.15, 0.2) is 47.5 Å². The zero-order valence-electron chi connectivity index (χ0n) is 10.2. The van der Waals surface area contributed by atoms with Crippen LogP contribution < -0.4 is 4.74 Å². The second kappa shape index (κ2) is 5.59. The maximum absolute atomic E-state index is 11.4. The molecular weight excluding hydrogens is 286 g/mol. The molecule has 100 valence electrons. The van der Waals surface area contributed by atoms with Crippen LogP contribution >= 0.6 is 10.7 Å². The lowest BCUT2D eigenvalue weighted by atomic mass is 10.1. The Labute approximate surface area is 116 Å². The van der Waals surface area contributed by atoms with Crippen LogP contribution in [0.2, 0.25) is 0 Å². The smallest absolute Gasteiger partial charge is 0.266 e. The van der Waals surface area contributed by atoms with Gasteiger partial charge in [0.15, 0.2) is 0 Å². The topological polar surface area (TPSA) is 56.3 Å². The number of hydrogen-bond donors (Lipinski definition) is 0. The Kier molecular flexibility index (Phi) is 4.07. The number of hydrogen-bond acceptors (Lipinski definition) is 4. The molecule has 6 heteroatoms. The number of para-hydroxylation sites is 1. The lowest BCUT2D eigenvalue weighted by molar-refractivity contribution is 0.443. The van der Waals surface area contributed by atoms with Crippen LogP contribution in [0.3, 0.4) is 0 Å². The van der Waals surface area contributed by atoms with E-state index in [9.17, 15) is 8.42 Å². The highest BCUT2D eigenvalue weighted by Gasteiger charge is 2.18. The molecule has 0 saturated heterocycles. The van der Waals surface area contributed by atoms with Gasteiger partial charge in [0.05, 0.1) is 0 Å². The van der Waals surface area contributed by atoms with Crippen molar-refractivity contribution in [1.82, 2.24) is 4.98 Å². The van der Waals surface area contributed by atoms with Crippen molar-refractivity contribution in [2.24, 2.45) is 0 Å². The number of aromatic nitrogens is 1. The van der Waals surface area contributed by atoms with E-state index in [1.807, 2.05) is 25.1 Å². The van der Waals surface area contributed by atoms with Crippen molar-refractivity contribution in [3.8, 4) is 11.6 Å². The minimum Gasteiger partial charge on any atom is -0.437 e. The molecule has 0 aliphatic heterocycles. The van der Waals surface area contributed by atoms with Crippen LogP contribution in [0.5, 0.6) is 11.6 Å². The standard InChI is InChI=1S/C13H12ClNO3S/c1-2-10-6-3-4-7-11(10)18-13-12(19(14,16)17)8-5-9-15-13/h3-9H,2H2,1H3. The predicted molar refractivity (Wildman–Crippen MR) is 73.2 cm³/mol. The fourth-order valence-corrected chi connectivity index (χ4v) is 2.53. The molecule has 4 nitrogen and oxygen atoms in total. The van der Waals surface area contributed by atoms with Crippen molar-refractivity contribution in [2.45, 2.75) is 18.2 Å². The molecule has 1 aromatic carbocycles. The van der Waals surface area contributed by atoms with Gasteiger partial charge in [0.25, 0.3) is 9.05 Å². The molecule has 0 amide bonds. The van der Waals surface area contributed by atoms with Crippen molar-refractivity contribution >= 4 is 19.7 Å². The second-order valence-corrected chi connectivity index (χ2v) is 6.34. The van der Waals surface area contributed by atoms with E-state index in [0.717, 1.165) is 12.0 Å². The number of ether oxygens (including phenoxy) is 1. The first-order chi connectivity index (χ1) is 9.02. The fourth-order valence-electron chi connectivity index (χ4n) is 1.64. The number of halogens is 1. The molecule has 0 atom stereocenters. The summed E-state index contributed by atoms with van der Waals surface area (Å²) in [5.74, 6) is 0.559. The van der Waals surface area contributed by atoms with Crippen LogP contribution in [-0.2, 0) is 15.5 Å². The molecule has 0 bridgehead atoms. The SMILES string of the molecule is CCc1ccccc1Oc1ncccc1S(=O)(=O)Cl. The van der Waals surface area contributed by atoms with E-state index in [-0.39, 0.29) is 10.8 Å². The summed E-state index contributed by atoms with van der Waals surface area (Å²) in [5.41, 5.74) is 0.964. The molecule has 0 fully saturated rings. The average Bonchev–Trinajstić information content (AvgIpc) is 2.39. The molecule has 0 aliphatic rings. The van der Waals surface area contributed by atoms with Gasteiger partial charge in [0.1, 0.15) is 10.6 Å². The summed E-state index contributed by atoms with van der Waals surface area (Å²) >= 11 is 0. The molecule has 0 spiro atoms. The van der Waals surface area contributed by atoms with E-state index >= 15 is 0 Å². The zero-order valence-corrected chi connectivity index (χ0v) is 11.8. The third-order valence-electron chi connectivity index (χ3n) is 2.56. The van der Waals surface area contributed by atoms with Crippen molar-refractivity contribution < 1.29 is 13.2 Å². The fraction of sp³-hybridized carbons (Fsp3) is 0.154. The number of nitrogens with zero attached hydrogens (tertiary/aromatic N) is 1. The molecule has 1 heterocycles. The van der Waals surface area contributed by atoms with Gasteiger partial charge >= 0.3 is 0 Å². The van der Waals surface area contributed by atoms with Crippen molar-refractivity contribution in [3.05, 3.63) is 48.2 Å². The Bertz CT molecular complexity index is 686. The van der Waals surface area contributed by atoms with E-state index in [4.69, 9.17) is 15.4 Å². The van der Waals surface area contributed by atoms with Crippen LogP contribution in [0.25, 0.3) is 0 Å². The van der Waals surface area contributed by atoms with Gasteiger partial charge in [-0.1, -0.05) is 25.1 Å². The lowest BCUT2D eigenvalue weighted by Crippen LogP contribution is -1.99. The maximum Gasteiger partial charge on any atom is 0.266 e. The molecule has 0 unspecified atom stereocenters. The summed E-state index contributed by atoms with van der Waals surface area (Å²) in [4.78, 5) is 3.79. The molecule has 0 saturated carbocycles. The quantitative estimate of drug-likeness (QED) is 0.812. The summed E-state index contributed by atoms with van der Waals surface area (Å²) in [6.45, 7) is 1.99. The van der Waals surface area contributed by atoms with Gasteiger partial charge < -0.3 is 4.74 Å². The van der Waals surface area contributed by atoms with E-state index in [1.165, 1.54) is 18.3 Å². The molecule has 0 N–H and O–H groups in total. The molecule has 0 aliphatic carbocycles. The first kappa shape index (κ1) is 13.8. The van der Waals surface area contributed by atoms with Crippen molar-refractivity contribution in [3.63, 3.8) is 0 Å². The summed E-state index contributed by atoms with van der Waals surface area (Å²) in [6, 6.07) is 10.2. The summed E-state index contributed by atoms with van der Waals surface area (Å²) in [6.07, 6.45) is 2.22. The monoisotopic (exact) mass is 297 g/mol. The Morgan fingerprint density at radius 3 is 2.63 bits per heavy atom. The Morgan fingerprint density at radius 2 is 1.95 bits per heavy atom. The van der Waals surface area contributed by atoms with Gasteiger partial charge in [0, 0.05) is 16.9 Å². The summed E-state index contributed by atoms with van der Waals surface area (Å²) in [7, 11) is 1.47. The van der Waals surface area contributed by atoms with Gasteiger partial charge in [-0.15, -0.1) is 0 Å². The molecule has 2 aromatic rings. The van der Waals surface area contributed by atoms with Gasteiger partial charge in [-0.2, -0.15) is 0 Å². The average molecular weight is 298 g/mol. The summed E-state index contributed by atoms with van der Waals surface area (Å²) in [5, 5.41) is 0. The van der Waals surface area contributed by atoms with Crippen LogP contribution in [0.4, 0.5) is 0 Å². The summed E-state index contributed by atoms with van der Waals surface area (Å²) < 4.78 is 28.5. The Balaban J connectivity index is 2.45. The van der Waals surface area contributed by atoms with Crippen LogP contribution in [0.1, 0.15) is 12.5 Å². The molecule has 2 rings (SSSR count). The molecule has 1 aromatic heterocycles. The molecule has 19 heavy (non-hydrogen) atoms. The van der Waals surface area contributed by atoms with Crippen LogP contribution in [-0.4, -0.2) is 13.4 Å². The van der Waals surface area contributed by atoms with Gasteiger partial charge in [-0.05, 0) is 30.2 Å². The minimum absolute atomic E-state index is 0.0154. The van der Waals surface area contributed by atoms with Gasteiger partial charge in [-0.3, -0.25) is 0 Å². The van der Waals surface area contributed by atoms with E-state index in [0.29, 0.717) is 5.75 Å². The van der Waals surface area contributed by atoms with E-state index < -0.39 is 9.05 Å².